The van der Waals surface area contributed by atoms with E-state index in [0.717, 1.165) is 18.7 Å². The number of hydrogen-bond acceptors (Lipinski definition) is 5. The van der Waals surface area contributed by atoms with Crippen molar-refractivity contribution >= 4 is 22.7 Å². The number of rotatable bonds is 4. The average Bonchev–Trinajstić information content (AvgIpc) is 3.50. The summed E-state index contributed by atoms with van der Waals surface area (Å²) in [4.78, 5) is 22.2. The van der Waals surface area contributed by atoms with Crippen molar-refractivity contribution in [1.29, 1.82) is 0 Å². The lowest BCUT2D eigenvalue weighted by Crippen LogP contribution is -2.36. The Morgan fingerprint density at radius 3 is 2.67 bits per heavy atom. The molecule has 1 spiro atoms. The van der Waals surface area contributed by atoms with Crippen LogP contribution in [0.2, 0.25) is 0 Å². The van der Waals surface area contributed by atoms with Crippen molar-refractivity contribution in [2.24, 2.45) is 0 Å². The van der Waals surface area contributed by atoms with Crippen LogP contribution in [-0.4, -0.2) is 25.9 Å². The first-order chi connectivity index (χ1) is 15.9. The molecule has 0 bridgehead atoms. The Balaban J connectivity index is 1.43. The molecule has 0 saturated heterocycles. The summed E-state index contributed by atoms with van der Waals surface area (Å²) in [6.45, 7) is 4.86. The van der Waals surface area contributed by atoms with Gasteiger partial charge >= 0.3 is 0 Å². The number of hydrogen-bond donors (Lipinski definition) is 2. The average molecular weight is 445 g/mol. The minimum Gasteiger partial charge on any atom is -0.324 e. The van der Waals surface area contributed by atoms with E-state index < -0.39 is 0 Å². The maximum Gasteiger partial charge on any atom is 0.278 e. The van der Waals surface area contributed by atoms with Gasteiger partial charge in [0.2, 0.25) is 5.95 Å². The van der Waals surface area contributed by atoms with Crippen molar-refractivity contribution in [2.45, 2.75) is 44.7 Å². The number of aromatic nitrogens is 4. The van der Waals surface area contributed by atoms with Crippen LogP contribution in [0.1, 0.15) is 43.9 Å². The molecule has 1 aliphatic carbocycles. The van der Waals surface area contributed by atoms with Gasteiger partial charge in [-0.1, -0.05) is 6.07 Å². The summed E-state index contributed by atoms with van der Waals surface area (Å²) >= 11 is 0. The normalized spacial score (nSPS) is 16.4. The molecule has 8 heteroatoms. The third kappa shape index (κ3) is 3.24. The predicted octanol–water partition coefficient (Wildman–Crippen LogP) is 4.18. The first kappa shape index (κ1) is 20.1. The maximum absolute atomic E-state index is 13.5. The van der Waals surface area contributed by atoms with E-state index in [1.54, 1.807) is 27.7 Å². The number of nitrogens with one attached hydrogen (secondary N) is 2. The smallest absolute Gasteiger partial charge is 0.278 e. The van der Waals surface area contributed by atoms with Gasteiger partial charge in [0.05, 0.1) is 5.69 Å². The Labute approximate surface area is 190 Å². The molecule has 1 saturated carbocycles. The molecule has 2 N–H and O–H groups in total. The molecule has 2 aliphatic rings. The fourth-order valence-electron chi connectivity index (χ4n) is 4.93. The minimum absolute atomic E-state index is 0.114. The fourth-order valence-corrected chi connectivity index (χ4v) is 4.93. The molecule has 1 aliphatic heterocycles. The molecule has 3 heterocycles. The third-order valence-corrected chi connectivity index (χ3v) is 6.67. The number of anilines is 2. The van der Waals surface area contributed by atoms with Gasteiger partial charge in [0, 0.05) is 30.0 Å². The van der Waals surface area contributed by atoms with E-state index in [0.29, 0.717) is 22.7 Å². The molecule has 7 nitrogen and oxygen atoms in total. The highest BCUT2D eigenvalue weighted by Gasteiger charge is 2.46. The molecule has 6 rings (SSSR count). The van der Waals surface area contributed by atoms with Crippen LogP contribution in [0, 0.1) is 5.82 Å². The molecule has 1 fully saturated rings. The summed E-state index contributed by atoms with van der Waals surface area (Å²) in [5.74, 6) is 0.0792. The quantitative estimate of drug-likeness (QED) is 0.494. The molecular weight excluding hydrogens is 419 g/mol. The van der Waals surface area contributed by atoms with Crippen molar-refractivity contribution in [3.8, 4) is 5.69 Å². The number of nitrogens with zero attached hydrogens (tertiary/aromatic N) is 4. The lowest BCUT2D eigenvalue weighted by molar-refractivity contribution is 0.475. The molecule has 0 radical (unpaired) electrons. The highest BCUT2D eigenvalue weighted by molar-refractivity contribution is 5.77. The van der Waals surface area contributed by atoms with Crippen LogP contribution in [0.3, 0.4) is 0 Å². The van der Waals surface area contributed by atoms with Gasteiger partial charge < -0.3 is 10.6 Å². The molecule has 0 amide bonds. The second-order valence-corrected chi connectivity index (χ2v) is 9.22. The molecule has 2 aromatic carbocycles. The Hall–Kier alpha value is -3.52. The topological polar surface area (TPSA) is 76.8 Å². The highest BCUT2D eigenvalue weighted by Crippen LogP contribution is 2.48. The first-order valence-electron chi connectivity index (χ1n) is 11.4. The Morgan fingerprint density at radius 1 is 1.15 bits per heavy atom. The van der Waals surface area contributed by atoms with Crippen LogP contribution >= 0.6 is 0 Å². The molecule has 2 aromatic heterocycles. The van der Waals surface area contributed by atoms with Gasteiger partial charge in [0.15, 0.2) is 5.65 Å². The van der Waals surface area contributed by atoms with E-state index >= 15 is 0 Å². The minimum atomic E-state index is -0.332. The van der Waals surface area contributed by atoms with E-state index in [9.17, 15) is 9.18 Å². The van der Waals surface area contributed by atoms with Gasteiger partial charge in [-0.2, -0.15) is 4.98 Å². The zero-order chi connectivity index (χ0) is 22.7. The van der Waals surface area contributed by atoms with Crippen molar-refractivity contribution in [1.82, 2.24) is 24.6 Å². The van der Waals surface area contributed by atoms with Crippen LogP contribution in [0.25, 0.3) is 16.7 Å². The van der Waals surface area contributed by atoms with Crippen molar-refractivity contribution in [2.75, 3.05) is 11.9 Å². The van der Waals surface area contributed by atoms with E-state index in [-0.39, 0.29) is 23.0 Å². The summed E-state index contributed by atoms with van der Waals surface area (Å²) in [7, 11) is 0. The van der Waals surface area contributed by atoms with Gasteiger partial charge in [-0.05, 0) is 80.6 Å². The third-order valence-electron chi connectivity index (χ3n) is 6.67. The van der Waals surface area contributed by atoms with Gasteiger partial charge in [0.25, 0.3) is 5.56 Å². The van der Waals surface area contributed by atoms with Gasteiger partial charge in [-0.15, -0.1) is 0 Å². The summed E-state index contributed by atoms with van der Waals surface area (Å²) in [5.41, 5.74) is 4.83. The number of fused-ring (bicyclic) bond motifs is 3. The maximum atomic E-state index is 13.5. The van der Waals surface area contributed by atoms with Crippen LogP contribution in [0.4, 0.5) is 16.0 Å². The molecule has 4 aromatic rings. The Kier molecular flexibility index (Phi) is 4.42. The second-order valence-electron chi connectivity index (χ2n) is 9.22. The fraction of sp³-hybridized carbons (Fsp3) is 0.320. The van der Waals surface area contributed by atoms with Crippen LogP contribution in [-0.2, 0) is 12.0 Å². The van der Waals surface area contributed by atoms with Crippen LogP contribution in [0.5, 0.6) is 0 Å². The van der Waals surface area contributed by atoms with E-state index in [1.165, 1.54) is 36.1 Å². The van der Waals surface area contributed by atoms with Crippen molar-refractivity contribution in [3.05, 3.63) is 76.0 Å². The Bertz CT molecular complexity index is 1430. The standard InChI is InChI=1S/C25H25FN6O/c1-15(2)31-23(33)20-14-27-24(30-22(20)32(31)19-6-3-17(26)4-7-19)29-18-5-8-21-16(13-18)9-12-28-25(21)10-11-25/h3-8,13-15,28H,9-12H2,1-2H3,(H,27,29,30). The zero-order valence-corrected chi connectivity index (χ0v) is 18.6. The van der Waals surface area contributed by atoms with Gasteiger partial charge in [0.1, 0.15) is 11.2 Å². The molecular formula is C25H25FN6O. The SMILES string of the molecule is CC(C)n1c(=O)c2cnc(Nc3ccc4c(c3)CCNC43CC3)nc2n1-c1ccc(F)cc1. The summed E-state index contributed by atoms with van der Waals surface area (Å²) in [5, 5.41) is 7.39. The summed E-state index contributed by atoms with van der Waals surface area (Å²) < 4.78 is 16.9. The summed E-state index contributed by atoms with van der Waals surface area (Å²) in [6, 6.07) is 12.4. The van der Waals surface area contributed by atoms with Gasteiger partial charge in [-0.25, -0.2) is 18.7 Å². The second kappa shape index (κ2) is 7.25. The zero-order valence-electron chi connectivity index (χ0n) is 18.6. The van der Waals surface area contributed by atoms with Gasteiger partial charge in [-0.3, -0.25) is 4.79 Å². The van der Waals surface area contributed by atoms with E-state index in [4.69, 9.17) is 4.98 Å². The molecule has 0 atom stereocenters. The molecule has 33 heavy (non-hydrogen) atoms. The van der Waals surface area contributed by atoms with E-state index in [1.807, 2.05) is 13.8 Å². The summed E-state index contributed by atoms with van der Waals surface area (Å²) in [6.07, 6.45) is 4.95. The van der Waals surface area contributed by atoms with E-state index in [2.05, 4.69) is 33.8 Å². The number of benzene rings is 2. The van der Waals surface area contributed by atoms with Crippen molar-refractivity contribution < 1.29 is 4.39 Å². The number of halogens is 1. The van der Waals surface area contributed by atoms with Crippen LogP contribution in [0.15, 0.2) is 53.5 Å². The largest absolute Gasteiger partial charge is 0.324 e. The van der Waals surface area contributed by atoms with Crippen molar-refractivity contribution in [3.63, 3.8) is 0 Å². The Morgan fingerprint density at radius 2 is 1.94 bits per heavy atom. The lowest BCUT2D eigenvalue weighted by Gasteiger charge is -2.27. The molecule has 0 unspecified atom stereocenters. The van der Waals surface area contributed by atoms with Crippen LogP contribution < -0.4 is 16.2 Å². The highest BCUT2D eigenvalue weighted by atomic mass is 19.1. The first-order valence-corrected chi connectivity index (χ1v) is 11.4. The monoisotopic (exact) mass is 444 g/mol. The molecule has 168 valence electrons. The predicted molar refractivity (Wildman–Crippen MR) is 126 cm³/mol. The lowest BCUT2D eigenvalue weighted by atomic mass is 9.92.